The zero-order chi connectivity index (χ0) is 20.8. The second-order valence-electron chi connectivity index (χ2n) is 7.82. The lowest BCUT2D eigenvalue weighted by Gasteiger charge is -2.34. The third-order valence-electron chi connectivity index (χ3n) is 5.73. The van der Waals surface area contributed by atoms with Crippen molar-refractivity contribution in [2.45, 2.75) is 13.1 Å². The number of hydrogen-bond donors (Lipinski definition) is 1. The molecule has 0 aliphatic carbocycles. The highest BCUT2D eigenvalue weighted by atomic mass is 16.5. The van der Waals surface area contributed by atoms with Gasteiger partial charge in [0.05, 0.1) is 13.7 Å². The van der Waals surface area contributed by atoms with Crippen LogP contribution in [-0.2, 0) is 17.9 Å². The van der Waals surface area contributed by atoms with E-state index in [0.29, 0.717) is 13.1 Å². The molecule has 30 heavy (non-hydrogen) atoms. The quantitative estimate of drug-likeness (QED) is 0.658. The first-order chi connectivity index (χ1) is 14.7. The Morgan fingerprint density at radius 2 is 1.67 bits per heavy atom. The first-order valence-electron chi connectivity index (χ1n) is 10.5. The molecule has 0 radical (unpaired) electrons. The summed E-state index contributed by atoms with van der Waals surface area (Å²) in [5.41, 5.74) is 2.42. The van der Waals surface area contributed by atoms with E-state index in [0.717, 1.165) is 44.0 Å². The molecule has 1 heterocycles. The van der Waals surface area contributed by atoms with Gasteiger partial charge in [-0.25, -0.2) is 0 Å². The Morgan fingerprint density at radius 1 is 0.933 bits per heavy atom. The summed E-state index contributed by atoms with van der Waals surface area (Å²) in [6.45, 7) is 5.72. The first-order valence-corrected chi connectivity index (χ1v) is 10.5. The van der Waals surface area contributed by atoms with Crippen LogP contribution in [0.25, 0.3) is 10.8 Å². The number of carbonyl (C=O) groups is 1. The van der Waals surface area contributed by atoms with E-state index in [9.17, 15) is 4.79 Å². The van der Waals surface area contributed by atoms with Gasteiger partial charge < -0.3 is 10.1 Å². The molecule has 1 fully saturated rings. The minimum Gasteiger partial charge on any atom is -0.497 e. The molecule has 0 bridgehead atoms. The molecule has 4 rings (SSSR count). The molecule has 0 unspecified atom stereocenters. The zero-order valence-corrected chi connectivity index (χ0v) is 17.5. The number of ether oxygens (including phenoxy) is 1. The van der Waals surface area contributed by atoms with Gasteiger partial charge in [0.15, 0.2) is 0 Å². The summed E-state index contributed by atoms with van der Waals surface area (Å²) in [7, 11) is 1.65. The van der Waals surface area contributed by atoms with Crippen molar-refractivity contribution < 1.29 is 9.53 Å². The molecule has 0 aromatic heterocycles. The standard InChI is InChI=1S/C25H29N3O2/c1-30-23-10-4-6-20(16-23)17-26-25(29)19-28-14-12-27(13-15-28)18-22-9-5-8-21-7-2-3-11-24(21)22/h2-11,16H,12-15,17-19H2,1H3,(H,26,29). The van der Waals surface area contributed by atoms with Crippen molar-refractivity contribution in [3.8, 4) is 5.75 Å². The van der Waals surface area contributed by atoms with Gasteiger partial charge in [0.2, 0.25) is 5.91 Å². The predicted molar refractivity (Wildman–Crippen MR) is 121 cm³/mol. The minimum absolute atomic E-state index is 0.0697. The average Bonchev–Trinajstić information content (AvgIpc) is 2.79. The summed E-state index contributed by atoms with van der Waals surface area (Å²) in [4.78, 5) is 17.1. The monoisotopic (exact) mass is 403 g/mol. The van der Waals surface area contributed by atoms with Gasteiger partial charge in [-0.05, 0) is 34.0 Å². The van der Waals surface area contributed by atoms with Crippen LogP contribution >= 0.6 is 0 Å². The van der Waals surface area contributed by atoms with Gasteiger partial charge in [0.25, 0.3) is 0 Å². The molecule has 1 amide bonds. The third-order valence-corrected chi connectivity index (χ3v) is 5.73. The topological polar surface area (TPSA) is 44.8 Å². The predicted octanol–water partition coefficient (Wildman–Crippen LogP) is 3.28. The van der Waals surface area contributed by atoms with Crippen LogP contribution in [0.5, 0.6) is 5.75 Å². The second-order valence-corrected chi connectivity index (χ2v) is 7.82. The molecule has 5 nitrogen and oxygen atoms in total. The Morgan fingerprint density at radius 3 is 2.50 bits per heavy atom. The van der Waals surface area contributed by atoms with Crippen molar-refractivity contribution in [3.05, 3.63) is 77.9 Å². The third kappa shape index (κ3) is 5.17. The van der Waals surface area contributed by atoms with Crippen molar-refractivity contribution in [2.24, 2.45) is 0 Å². The van der Waals surface area contributed by atoms with E-state index >= 15 is 0 Å². The molecule has 3 aromatic carbocycles. The van der Waals surface area contributed by atoms with Crippen molar-refractivity contribution in [1.82, 2.24) is 15.1 Å². The van der Waals surface area contributed by atoms with Gasteiger partial charge in [-0.3, -0.25) is 14.6 Å². The molecule has 3 aromatic rings. The van der Waals surface area contributed by atoms with Crippen molar-refractivity contribution >= 4 is 16.7 Å². The molecule has 0 atom stereocenters. The SMILES string of the molecule is COc1cccc(CNC(=O)CN2CCN(Cc3cccc4ccccc34)CC2)c1. The highest BCUT2D eigenvalue weighted by Gasteiger charge is 2.19. The fourth-order valence-corrected chi connectivity index (χ4v) is 4.02. The summed E-state index contributed by atoms with van der Waals surface area (Å²) in [6, 6.07) is 22.9. The van der Waals surface area contributed by atoms with Gasteiger partial charge in [-0.1, -0.05) is 54.6 Å². The fraction of sp³-hybridized carbons (Fsp3) is 0.320. The molecule has 1 N–H and O–H groups in total. The average molecular weight is 404 g/mol. The second kappa shape index (κ2) is 9.74. The van der Waals surface area contributed by atoms with Crippen LogP contribution in [0.1, 0.15) is 11.1 Å². The number of rotatable bonds is 7. The first kappa shape index (κ1) is 20.4. The Labute approximate surface area is 178 Å². The van der Waals surface area contributed by atoms with E-state index in [1.165, 1.54) is 16.3 Å². The number of benzene rings is 3. The van der Waals surface area contributed by atoms with E-state index < -0.39 is 0 Å². The van der Waals surface area contributed by atoms with E-state index in [1.54, 1.807) is 7.11 Å². The van der Waals surface area contributed by atoms with Gasteiger partial charge in [0, 0.05) is 39.3 Å². The Kier molecular flexibility index (Phi) is 6.62. The number of methoxy groups -OCH3 is 1. The van der Waals surface area contributed by atoms with Gasteiger partial charge in [0.1, 0.15) is 5.75 Å². The van der Waals surface area contributed by atoms with E-state index in [4.69, 9.17) is 4.74 Å². The fourth-order valence-electron chi connectivity index (χ4n) is 4.02. The summed E-state index contributed by atoms with van der Waals surface area (Å²) < 4.78 is 5.23. The lowest BCUT2D eigenvalue weighted by molar-refractivity contribution is -0.122. The van der Waals surface area contributed by atoms with Crippen LogP contribution in [0.4, 0.5) is 0 Å². The smallest absolute Gasteiger partial charge is 0.234 e. The number of hydrogen-bond acceptors (Lipinski definition) is 4. The summed E-state index contributed by atoms with van der Waals surface area (Å²) in [5, 5.41) is 5.64. The normalized spacial score (nSPS) is 15.2. The van der Waals surface area contributed by atoms with E-state index in [1.807, 2.05) is 24.3 Å². The maximum absolute atomic E-state index is 12.4. The van der Waals surface area contributed by atoms with Crippen LogP contribution in [0.3, 0.4) is 0 Å². The molecule has 5 heteroatoms. The largest absolute Gasteiger partial charge is 0.497 e. The Balaban J connectivity index is 1.24. The van der Waals surface area contributed by atoms with Crippen LogP contribution < -0.4 is 10.1 Å². The van der Waals surface area contributed by atoms with Crippen LogP contribution in [-0.4, -0.2) is 55.5 Å². The molecular weight excluding hydrogens is 374 g/mol. The van der Waals surface area contributed by atoms with E-state index in [2.05, 4.69) is 57.6 Å². The lowest BCUT2D eigenvalue weighted by atomic mass is 10.0. The van der Waals surface area contributed by atoms with Crippen molar-refractivity contribution in [1.29, 1.82) is 0 Å². The Bertz CT molecular complexity index is 991. The molecule has 1 aliphatic heterocycles. The van der Waals surface area contributed by atoms with Gasteiger partial charge >= 0.3 is 0 Å². The van der Waals surface area contributed by atoms with Crippen molar-refractivity contribution in [2.75, 3.05) is 39.8 Å². The number of fused-ring (bicyclic) bond motifs is 1. The van der Waals surface area contributed by atoms with Crippen LogP contribution in [0, 0.1) is 0 Å². The number of nitrogens with zero attached hydrogens (tertiary/aromatic N) is 2. The zero-order valence-electron chi connectivity index (χ0n) is 17.5. The molecule has 1 saturated heterocycles. The molecule has 1 aliphatic rings. The summed E-state index contributed by atoms with van der Waals surface area (Å²) in [6.07, 6.45) is 0. The van der Waals surface area contributed by atoms with Crippen LogP contribution in [0.2, 0.25) is 0 Å². The lowest BCUT2D eigenvalue weighted by Crippen LogP contribution is -2.49. The van der Waals surface area contributed by atoms with Crippen LogP contribution in [0.15, 0.2) is 66.7 Å². The molecule has 0 saturated carbocycles. The molecule has 0 spiro atoms. The number of piperazine rings is 1. The van der Waals surface area contributed by atoms with Gasteiger partial charge in [-0.15, -0.1) is 0 Å². The highest BCUT2D eigenvalue weighted by Crippen LogP contribution is 2.20. The summed E-state index contributed by atoms with van der Waals surface area (Å²) >= 11 is 0. The Hall–Kier alpha value is -2.89. The maximum atomic E-state index is 12.4. The van der Waals surface area contributed by atoms with E-state index in [-0.39, 0.29) is 5.91 Å². The van der Waals surface area contributed by atoms with Crippen molar-refractivity contribution in [3.63, 3.8) is 0 Å². The molecule has 156 valence electrons. The minimum atomic E-state index is 0.0697. The molecular formula is C25H29N3O2. The summed E-state index contributed by atoms with van der Waals surface area (Å²) in [5.74, 6) is 0.879. The highest BCUT2D eigenvalue weighted by molar-refractivity contribution is 5.85. The maximum Gasteiger partial charge on any atom is 0.234 e. The number of nitrogens with one attached hydrogen (secondary N) is 1. The number of amides is 1. The van der Waals surface area contributed by atoms with Gasteiger partial charge in [-0.2, -0.15) is 0 Å². The number of carbonyl (C=O) groups excluding carboxylic acids is 1.